The topological polar surface area (TPSA) is 99.9 Å². The molecule has 2 N–H and O–H groups in total. The summed E-state index contributed by atoms with van der Waals surface area (Å²) in [5, 5.41) is 16.7. The van der Waals surface area contributed by atoms with Crippen LogP contribution in [0.5, 0.6) is 0 Å². The van der Waals surface area contributed by atoms with Crippen molar-refractivity contribution in [2.75, 3.05) is 12.3 Å². The van der Waals surface area contributed by atoms with E-state index in [1.54, 1.807) is 4.90 Å². The van der Waals surface area contributed by atoms with Crippen LogP contribution in [0.2, 0.25) is 0 Å². The van der Waals surface area contributed by atoms with Gasteiger partial charge in [-0.05, 0) is 35.7 Å². The van der Waals surface area contributed by atoms with Crippen molar-refractivity contribution in [1.29, 1.82) is 0 Å². The Bertz CT molecular complexity index is 1470. The molecule has 1 unspecified atom stereocenters. The Hall–Kier alpha value is -2.95. The number of carboxylic acid groups (broad SMARTS) is 1. The number of nitrogens with one attached hydrogen (secondary N) is 1. The fraction of sp³-hybridized carbons (Fsp3) is 0.240. The number of thioether (sulfide) groups is 2. The maximum Gasteiger partial charge on any atom is 0.322 e. The van der Waals surface area contributed by atoms with Gasteiger partial charge in [0.1, 0.15) is 27.3 Å². The number of β-lactam (4-membered cyclic amide) rings is 1. The highest BCUT2D eigenvalue weighted by molar-refractivity contribution is 8.05. The molecule has 0 bridgehead atoms. The molecule has 2 amide bonds. The lowest BCUT2D eigenvalue weighted by Gasteiger charge is -2.53. The predicted molar refractivity (Wildman–Crippen MR) is 138 cm³/mol. The lowest BCUT2D eigenvalue weighted by molar-refractivity contribution is -0.152. The van der Waals surface area contributed by atoms with Crippen LogP contribution < -0.4 is 5.32 Å². The number of aliphatic carboxylic acids is 1. The van der Waals surface area contributed by atoms with E-state index in [1.165, 1.54) is 34.9 Å². The summed E-state index contributed by atoms with van der Waals surface area (Å²) in [6.07, 6.45) is 0.234. The zero-order valence-electron chi connectivity index (χ0n) is 18.3. The number of benzene rings is 2. The van der Waals surface area contributed by atoms with Crippen LogP contribution in [0.25, 0.3) is 21.9 Å². The van der Waals surface area contributed by atoms with Crippen molar-refractivity contribution in [1.82, 2.24) is 10.2 Å². The Morgan fingerprint density at radius 2 is 1.97 bits per heavy atom. The van der Waals surface area contributed by atoms with Crippen molar-refractivity contribution in [3.05, 3.63) is 64.9 Å². The van der Waals surface area contributed by atoms with E-state index in [0.29, 0.717) is 11.3 Å². The third-order valence-corrected chi connectivity index (χ3v) is 10.3. The van der Waals surface area contributed by atoms with Gasteiger partial charge in [-0.25, -0.2) is 0 Å². The zero-order chi connectivity index (χ0) is 24.2. The first kappa shape index (κ1) is 22.5. The third-order valence-electron chi connectivity index (χ3n) is 6.34. The molecule has 7 nitrogen and oxygen atoms in total. The molecule has 0 radical (unpaired) electrons. The van der Waals surface area contributed by atoms with Gasteiger partial charge in [0.15, 0.2) is 0 Å². The number of rotatable bonds is 6. The number of carbonyl (C=O) groups excluding carboxylic acids is 2. The van der Waals surface area contributed by atoms with E-state index in [4.69, 9.17) is 4.42 Å². The molecule has 178 valence electrons. The van der Waals surface area contributed by atoms with Crippen LogP contribution in [0, 0.1) is 0 Å². The molecule has 3 atom stereocenters. The quantitative estimate of drug-likeness (QED) is 0.365. The van der Waals surface area contributed by atoms with Gasteiger partial charge in [0.05, 0.1) is 6.42 Å². The molecule has 0 saturated carbocycles. The Morgan fingerprint density at radius 1 is 1.14 bits per heavy atom. The average Bonchev–Trinajstić information content (AvgIpc) is 3.49. The van der Waals surface area contributed by atoms with E-state index < -0.39 is 16.8 Å². The van der Waals surface area contributed by atoms with E-state index in [0.717, 1.165) is 26.1 Å². The van der Waals surface area contributed by atoms with Gasteiger partial charge in [0.25, 0.3) is 0 Å². The van der Waals surface area contributed by atoms with Gasteiger partial charge in [-0.1, -0.05) is 24.3 Å². The minimum atomic E-state index is -1.19. The number of fused-ring (bicyclic) bond motifs is 4. The van der Waals surface area contributed by atoms with Gasteiger partial charge in [0.2, 0.25) is 11.8 Å². The lowest BCUT2D eigenvalue weighted by Crippen LogP contribution is -2.74. The number of amides is 2. The number of hydrogen-bond donors (Lipinski definition) is 2. The molecule has 4 heterocycles. The Balaban J connectivity index is 1.18. The van der Waals surface area contributed by atoms with Crippen molar-refractivity contribution >= 4 is 74.6 Å². The average molecular weight is 525 g/mol. The monoisotopic (exact) mass is 524 g/mol. The molecule has 4 aromatic rings. The summed E-state index contributed by atoms with van der Waals surface area (Å²) in [4.78, 5) is 41.0. The number of nitrogens with zero attached hydrogens (tertiary/aromatic N) is 1. The first-order valence-corrected chi connectivity index (χ1v) is 13.8. The Kier molecular flexibility index (Phi) is 5.54. The standard InChI is InChI=1S/C25H20N2O5S3/c28-20(11-14-4-3-9-33-14)26-21-22(29)27-12-25(24(30)31,13-34-23(21)27)35-15-7-8-17-16-5-1-2-6-18(16)32-19(17)10-15/h1-10,21,23H,11-13H2,(H,26,28)(H,30,31)/t21-,23-,25?/m1/s1. The van der Waals surface area contributed by atoms with Gasteiger partial charge < -0.3 is 19.7 Å². The minimum absolute atomic E-state index is 0.0823. The number of thiophene rings is 1. The Morgan fingerprint density at radius 3 is 2.77 bits per heavy atom. The predicted octanol–water partition coefficient (Wildman–Crippen LogP) is 4.21. The Labute approximate surface area is 212 Å². The maximum atomic E-state index is 12.9. The van der Waals surface area contributed by atoms with Gasteiger partial charge in [-0.2, -0.15) is 0 Å². The van der Waals surface area contributed by atoms with E-state index in [-0.39, 0.29) is 30.2 Å². The third kappa shape index (κ3) is 3.89. The largest absolute Gasteiger partial charge is 0.480 e. The normalized spacial score (nSPS) is 23.8. The van der Waals surface area contributed by atoms with Crippen molar-refractivity contribution in [2.45, 2.75) is 27.5 Å². The molecular weight excluding hydrogens is 504 g/mol. The summed E-state index contributed by atoms with van der Waals surface area (Å²) in [5.41, 5.74) is 1.48. The van der Waals surface area contributed by atoms with Crippen LogP contribution in [0.1, 0.15) is 4.88 Å². The molecule has 2 fully saturated rings. The van der Waals surface area contributed by atoms with Crippen molar-refractivity contribution in [3.8, 4) is 0 Å². The van der Waals surface area contributed by atoms with Crippen molar-refractivity contribution in [2.24, 2.45) is 0 Å². The molecular formula is C25H20N2O5S3. The second kappa shape index (κ2) is 8.61. The van der Waals surface area contributed by atoms with Gasteiger partial charge in [-0.15, -0.1) is 34.9 Å². The van der Waals surface area contributed by atoms with Crippen LogP contribution in [0.4, 0.5) is 0 Å². The molecule has 35 heavy (non-hydrogen) atoms. The summed E-state index contributed by atoms with van der Waals surface area (Å²) in [6, 6.07) is 16.6. The fourth-order valence-electron chi connectivity index (χ4n) is 4.58. The minimum Gasteiger partial charge on any atom is -0.480 e. The first-order chi connectivity index (χ1) is 16.9. The summed E-state index contributed by atoms with van der Waals surface area (Å²) in [5.74, 6) is -1.08. The van der Waals surface area contributed by atoms with Crippen LogP contribution in [0.15, 0.2) is 69.3 Å². The summed E-state index contributed by atoms with van der Waals surface area (Å²) < 4.78 is 4.77. The molecule has 6 rings (SSSR count). The smallest absolute Gasteiger partial charge is 0.322 e. The number of hydrogen-bond acceptors (Lipinski definition) is 7. The molecule has 2 aliphatic rings. The van der Waals surface area contributed by atoms with E-state index in [9.17, 15) is 19.5 Å². The summed E-state index contributed by atoms with van der Waals surface area (Å²) >= 11 is 4.15. The van der Waals surface area contributed by atoms with E-state index in [2.05, 4.69) is 5.32 Å². The number of furan rings is 1. The van der Waals surface area contributed by atoms with Crippen LogP contribution in [-0.2, 0) is 20.8 Å². The molecule has 10 heteroatoms. The SMILES string of the molecule is O=C(Cc1cccs1)N[C@@H]1C(=O)N2CC(Sc3ccc4c(c3)oc3ccccc34)(C(=O)O)CS[C@H]12. The highest BCUT2D eigenvalue weighted by atomic mass is 32.2. The fourth-order valence-corrected chi connectivity index (χ4v) is 8.16. The molecule has 2 saturated heterocycles. The second-order valence-electron chi connectivity index (χ2n) is 8.63. The highest BCUT2D eigenvalue weighted by Crippen LogP contribution is 2.47. The summed E-state index contributed by atoms with van der Waals surface area (Å²) in [7, 11) is 0. The maximum absolute atomic E-state index is 12.9. The van der Waals surface area contributed by atoms with Crippen LogP contribution in [0.3, 0.4) is 0 Å². The number of carbonyl (C=O) groups is 3. The molecule has 0 spiro atoms. The van der Waals surface area contributed by atoms with Crippen molar-refractivity contribution in [3.63, 3.8) is 0 Å². The van der Waals surface area contributed by atoms with Crippen LogP contribution >= 0.6 is 34.9 Å². The van der Waals surface area contributed by atoms with Gasteiger partial charge in [-0.3, -0.25) is 14.4 Å². The van der Waals surface area contributed by atoms with Crippen LogP contribution in [-0.4, -0.2) is 56.3 Å². The van der Waals surface area contributed by atoms with Gasteiger partial charge in [0, 0.05) is 32.8 Å². The lowest BCUT2D eigenvalue weighted by atomic mass is 10.0. The summed E-state index contributed by atoms with van der Waals surface area (Å²) in [6.45, 7) is 0.0823. The molecule has 0 aliphatic carbocycles. The number of carboxylic acids is 1. The van der Waals surface area contributed by atoms with Crippen molar-refractivity contribution < 1.29 is 23.9 Å². The zero-order valence-corrected chi connectivity index (χ0v) is 20.8. The second-order valence-corrected chi connectivity index (χ2v) is 12.2. The molecule has 2 aromatic carbocycles. The van der Waals surface area contributed by atoms with E-state index >= 15 is 0 Å². The van der Waals surface area contributed by atoms with Gasteiger partial charge >= 0.3 is 5.97 Å². The highest BCUT2D eigenvalue weighted by Gasteiger charge is 2.58. The molecule has 2 aromatic heterocycles. The first-order valence-electron chi connectivity index (χ1n) is 11.0. The van der Waals surface area contributed by atoms with E-state index in [1.807, 2.05) is 60.0 Å². The number of para-hydroxylation sites is 1. The molecule has 2 aliphatic heterocycles.